The van der Waals surface area contributed by atoms with Crippen molar-refractivity contribution in [1.82, 2.24) is 5.32 Å². The Kier molecular flexibility index (Phi) is 6.18. The number of carboxylic acids is 1. The number of carbonyl (C=O) groups excluding carboxylic acids is 1. The number of aliphatic carboxylic acids is 1. The van der Waals surface area contributed by atoms with Crippen LogP contribution in [-0.4, -0.2) is 28.5 Å². The van der Waals surface area contributed by atoms with Crippen LogP contribution in [0.25, 0.3) is 0 Å². The number of nitrogens with one attached hydrogen (secondary N) is 1. The van der Waals surface area contributed by atoms with Crippen molar-refractivity contribution in [3.8, 4) is 0 Å². The zero-order chi connectivity index (χ0) is 21.1. The average molecular weight is 384 g/mol. The average Bonchev–Trinajstić information content (AvgIpc) is 2.62. The third-order valence-corrected chi connectivity index (χ3v) is 5.23. The molecule has 148 valence electrons. The van der Waals surface area contributed by atoms with E-state index in [0.717, 1.165) is 0 Å². The molecule has 0 aliphatic heterocycles. The highest BCUT2D eigenvalue weighted by Gasteiger charge is 2.39. The lowest BCUT2D eigenvalue weighted by atomic mass is 9.78. The first-order valence-electron chi connectivity index (χ1n) is 8.98. The van der Waals surface area contributed by atoms with Crippen molar-refractivity contribution in [1.29, 1.82) is 0 Å². The van der Waals surface area contributed by atoms with Crippen LogP contribution >= 0.6 is 0 Å². The number of nitro groups is 1. The molecule has 0 aliphatic rings. The van der Waals surface area contributed by atoms with Gasteiger partial charge in [0.05, 0.1) is 10.5 Å². The maximum Gasteiger partial charge on any atom is 0.315 e. The molecular weight excluding hydrogens is 360 g/mol. The lowest BCUT2D eigenvalue weighted by Crippen LogP contribution is -2.46. The van der Waals surface area contributed by atoms with Gasteiger partial charge in [-0.25, -0.2) is 0 Å². The molecule has 1 amide bonds. The molecule has 0 bridgehead atoms. The minimum Gasteiger partial charge on any atom is -0.481 e. The Balaban J connectivity index is 2.41. The summed E-state index contributed by atoms with van der Waals surface area (Å²) in [5, 5.41) is 23.9. The molecule has 1 atom stereocenters. The number of benzene rings is 2. The number of hydrogen-bond acceptors (Lipinski definition) is 4. The lowest BCUT2D eigenvalue weighted by molar-refractivity contribution is -0.386. The van der Waals surface area contributed by atoms with Crippen LogP contribution in [0.2, 0.25) is 0 Å². The van der Waals surface area contributed by atoms with Crippen molar-refractivity contribution >= 4 is 17.6 Å². The van der Waals surface area contributed by atoms with Gasteiger partial charge in [-0.05, 0) is 44.4 Å². The van der Waals surface area contributed by atoms with Crippen LogP contribution in [0.3, 0.4) is 0 Å². The molecule has 28 heavy (non-hydrogen) atoms. The standard InChI is InChI=1S/C21H24N2O5/c1-5-21(20(25)26,16-9-7-6-8-10-16)12-22-19(24)17-13(2)11-14(3)18(15(17)4)23(27)28/h6-11H,5,12H2,1-4H3,(H,22,24)(H,25,26). The van der Waals surface area contributed by atoms with E-state index in [2.05, 4.69) is 5.32 Å². The molecule has 2 rings (SSSR count). The van der Waals surface area contributed by atoms with E-state index in [-0.39, 0.29) is 29.8 Å². The van der Waals surface area contributed by atoms with Gasteiger partial charge in [-0.15, -0.1) is 0 Å². The summed E-state index contributed by atoms with van der Waals surface area (Å²) in [5.41, 5.74) is 0.782. The number of nitrogens with zero attached hydrogens (tertiary/aromatic N) is 1. The minimum atomic E-state index is -1.28. The summed E-state index contributed by atoms with van der Waals surface area (Å²) in [5.74, 6) is -1.56. The van der Waals surface area contributed by atoms with Crippen molar-refractivity contribution in [3.05, 3.63) is 74.3 Å². The molecule has 2 aromatic carbocycles. The van der Waals surface area contributed by atoms with E-state index in [1.54, 1.807) is 57.2 Å². The van der Waals surface area contributed by atoms with Gasteiger partial charge < -0.3 is 10.4 Å². The van der Waals surface area contributed by atoms with Crippen LogP contribution in [0.5, 0.6) is 0 Å². The number of aryl methyl sites for hydroxylation is 2. The first-order valence-corrected chi connectivity index (χ1v) is 8.98. The highest BCUT2D eigenvalue weighted by Crippen LogP contribution is 2.30. The van der Waals surface area contributed by atoms with Gasteiger partial charge in [0.1, 0.15) is 5.41 Å². The van der Waals surface area contributed by atoms with Gasteiger partial charge in [0.25, 0.3) is 11.6 Å². The molecule has 0 heterocycles. The molecule has 7 heteroatoms. The number of carbonyl (C=O) groups is 2. The first-order chi connectivity index (χ1) is 13.2. The van der Waals surface area contributed by atoms with Gasteiger partial charge in [0.2, 0.25) is 0 Å². The van der Waals surface area contributed by atoms with E-state index in [1.165, 1.54) is 6.92 Å². The van der Waals surface area contributed by atoms with E-state index in [4.69, 9.17) is 0 Å². The van der Waals surface area contributed by atoms with Crippen molar-refractivity contribution in [2.45, 2.75) is 39.5 Å². The normalized spacial score (nSPS) is 12.9. The number of amides is 1. The molecule has 2 aromatic rings. The van der Waals surface area contributed by atoms with Gasteiger partial charge in [0.15, 0.2) is 0 Å². The van der Waals surface area contributed by atoms with Crippen molar-refractivity contribution in [3.63, 3.8) is 0 Å². The Hall–Kier alpha value is -3.22. The zero-order valence-electron chi connectivity index (χ0n) is 16.4. The second-order valence-electron chi connectivity index (χ2n) is 6.91. The third-order valence-electron chi connectivity index (χ3n) is 5.23. The third kappa shape index (κ3) is 3.74. The summed E-state index contributed by atoms with van der Waals surface area (Å²) in [7, 11) is 0. The largest absolute Gasteiger partial charge is 0.481 e. The van der Waals surface area contributed by atoms with Gasteiger partial charge in [-0.2, -0.15) is 0 Å². The van der Waals surface area contributed by atoms with Crippen LogP contribution in [0.15, 0.2) is 36.4 Å². The molecular formula is C21H24N2O5. The van der Waals surface area contributed by atoms with Crippen LogP contribution in [0.4, 0.5) is 5.69 Å². The fourth-order valence-corrected chi connectivity index (χ4v) is 3.66. The maximum atomic E-state index is 12.9. The second kappa shape index (κ2) is 8.21. The number of carboxylic acid groups (broad SMARTS) is 1. The van der Waals surface area contributed by atoms with Gasteiger partial charge in [-0.3, -0.25) is 19.7 Å². The molecule has 0 radical (unpaired) electrons. The zero-order valence-corrected chi connectivity index (χ0v) is 16.4. The van der Waals surface area contributed by atoms with Crippen LogP contribution in [0, 0.1) is 30.9 Å². The molecule has 2 N–H and O–H groups in total. The molecule has 7 nitrogen and oxygen atoms in total. The fraction of sp³-hybridized carbons (Fsp3) is 0.333. The van der Waals surface area contributed by atoms with Crippen molar-refractivity contribution < 1.29 is 19.6 Å². The molecule has 0 fully saturated rings. The van der Waals surface area contributed by atoms with E-state index in [9.17, 15) is 24.8 Å². The van der Waals surface area contributed by atoms with Gasteiger partial charge in [-0.1, -0.05) is 37.3 Å². The van der Waals surface area contributed by atoms with Crippen LogP contribution in [-0.2, 0) is 10.2 Å². The number of rotatable bonds is 7. The van der Waals surface area contributed by atoms with Gasteiger partial charge in [0, 0.05) is 17.7 Å². The Morgan fingerprint density at radius 2 is 1.75 bits per heavy atom. The van der Waals surface area contributed by atoms with E-state index in [1.807, 2.05) is 0 Å². The minimum absolute atomic E-state index is 0.0983. The summed E-state index contributed by atoms with van der Waals surface area (Å²) in [4.78, 5) is 35.8. The highest BCUT2D eigenvalue weighted by molar-refractivity contribution is 5.98. The van der Waals surface area contributed by atoms with E-state index >= 15 is 0 Å². The van der Waals surface area contributed by atoms with E-state index < -0.39 is 22.2 Å². The monoisotopic (exact) mass is 384 g/mol. The molecule has 1 unspecified atom stereocenters. The van der Waals surface area contributed by atoms with Crippen molar-refractivity contribution in [2.75, 3.05) is 6.54 Å². The Morgan fingerprint density at radius 1 is 1.14 bits per heavy atom. The molecule has 0 spiro atoms. The molecule has 0 saturated carbocycles. The number of hydrogen-bond donors (Lipinski definition) is 2. The highest BCUT2D eigenvalue weighted by atomic mass is 16.6. The summed E-state index contributed by atoms with van der Waals surface area (Å²) < 4.78 is 0. The summed E-state index contributed by atoms with van der Waals surface area (Å²) in [6, 6.07) is 10.3. The van der Waals surface area contributed by atoms with Gasteiger partial charge >= 0.3 is 5.97 Å². The molecule has 0 aromatic heterocycles. The number of nitro benzene ring substituents is 1. The van der Waals surface area contributed by atoms with Crippen LogP contribution < -0.4 is 5.32 Å². The topological polar surface area (TPSA) is 110 Å². The SMILES string of the molecule is CCC(CNC(=O)c1c(C)cc(C)c([N+](=O)[O-])c1C)(C(=O)O)c1ccccc1. The summed E-state index contributed by atoms with van der Waals surface area (Å²) >= 11 is 0. The Labute approximate surface area is 163 Å². The molecule has 0 saturated heterocycles. The molecule has 0 aliphatic carbocycles. The Morgan fingerprint density at radius 3 is 2.25 bits per heavy atom. The quantitative estimate of drug-likeness (QED) is 0.559. The smallest absolute Gasteiger partial charge is 0.315 e. The van der Waals surface area contributed by atoms with Crippen LogP contribution in [0.1, 0.15) is 46.0 Å². The van der Waals surface area contributed by atoms with Crippen molar-refractivity contribution in [2.24, 2.45) is 0 Å². The fourth-order valence-electron chi connectivity index (χ4n) is 3.66. The predicted molar refractivity (Wildman–Crippen MR) is 106 cm³/mol. The van der Waals surface area contributed by atoms with E-state index in [0.29, 0.717) is 16.7 Å². The maximum absolute atomic E-state index is 12.9. The second-order valence-corrected chi connectivity index (χ2v) is 6.91. The first kappa shape index (κ1) is 21.1. The summed E-state index contributed by atoms with van der Waals surface area (Å²) in [6.45, 7) is 6.50. The summed E-state index contributed by atoms with van der Waals surface area (Å²) in [6.07, 6.45) is 0.276. The lowest BCUT2D eigenvalue weighted by Gasteiger charge is -2.29. The Bertz CT molecular complexity index is 924. The predicted octanol–water partition coefficient (Wildman–Crippen LogP) is 3.68.